The molecule has 110 valence electrons. The summed E-state index contributed by atoms with van der Waals surface area (Å²) in [7, 11) is 0. The Morgan fingerprint density at radius 1 is 1.45 bits per heavy atom. The van der Waals surface area contributed by atoms with Crippen LogP contribution in [-0.2, 0) is 9.59 Å². The van der Waals surface area contributed by atoms with Gasteiger partial charge in [0.15, 0.2) is 5.78 Å². The minimum Gasteiger partial charge on any atom is -0.478 e. The van der Waals surface area contributed by atoms with Gasteiger partial charge in [-0.15, -0.1) is 0 Å². The van der Waals surface area contributed by atoms with Gasteiger partial charge in [0, 0.05) is 17.9 Å². The van der Waals surface area contributed by atoms with E-state index in [9.17, 15) is 14.7 Å². The minimum atomic E-state index is -1.24. The highest BCUT2D eigenvalue weighted by atomic mass is 16.4. The predicted octanol–water partition coefficient (Wildman–Crippen LogP) is 2.64. The third-order valence-corrected chi connectivity index (χ3v) is 3.88. The van der Waals surface area contributed by atoms with Gasteiger partial charge in [-0.2, -0.15) is 0 Å². The van der Waals surface area contributed by atoms with E-state index >= 15 is 0 Å². The Morgan fingerprint density at radius 2 is 2.05 bits per heavy atom. The van der Waals surface area contributed by atoms with Gasteiger partial charge in [-0.1, -0.05) is 26.8 Å². The van der Waals surface area contributed by atoms with Crippen LogP contribution in [0.25, 0.3) is 0 Å². The van der Waals surface area contributed by atoms with Crippen molar-refractivity contribution in [2.45, 2.75) is 46.1 Å². The first kappa shape index (κ1) is 16.4. The second kappa shape index (κ2) is 5.75. The van der Waals surface area contributed by atoms with Gasteiger partial charge in [0.2, 0.25) is 0 Å². The summed E-state index contributed by atoms with van der Waals surface area (Å²) in [4.78, 5) is 22.3. The maximum absolute atomic E-state index is 11.6. The number of carbonyl (C=O) groups is 2. The molecule has 1 aliphatic carbocycles. The number of carbonyl (C=O) groups excluding carboxylic acids is 1. The standard InChI is InChI=1S/C16H22O4/c1-5-12(9-14(18)19)6-7-16(20)11(2)8-13(17)10-15(16,3)4/h6-9,20H,5,10H2,1-4H3,(H,18,19)/b7-6+,12-9+. The molecule has 0 saturated heterocycles. The summed E-state index contributed by atoms with van der Waals surface area (Å²) in [6, 6.07) is 0. The van der Waals surface area contributed by atoms with Gasteiger partial charge >= 0.3 is 5.97 Å². The van der Waals surface area contributed by atoms with E-state index in [1.54, 1.807) is 19.1 Å². The van der Waals surface area contributed by atoms with Crippen LogP contribution in [0.3, 0.4) is 0 Å². The normalized spacial score (nSPS) is 26.8. The van der Waals surface area contributed by atoms with Crippen molar-refractivity contribution >= 4 is 11.8 Å². The van der Waals surface area contributed by atoms with E-state index in [2.05, 4.69) is 0 Å². The lowest BCUT2D eigenvalue weighted by molar-refractivity contribution is -0.131. The van der Waals surface area contributed by atoms with Crippen LogP contribution in [0, 0.1) is 5.41 Å². The lowest BCUT2D eigenvalue weighted by Crippen LogP contribution is -2.48. The van der Waals surface area contributed by atoms with Gasteiger partial charge in [0.1, 0.15) is 5.60 Å². The van der Waals surface area contributed by atoms with E-state index in [0.29, 0.717) is 17.6 Å². The average molecular weight is 278 g/mol. The Balaban J connectivity index is 3.18. The molecular weight excluding hydrogens is 256 g/mol. The van der Waals surface area contributed by atoms with E-state index in [1.165, 1.54) is 6.08 Å². The van der Waals surface area contributed by atoms with Crippen molar-refractivity contribution in [3.05, 3.63) is 35.5 Å². The van der Waals surface area contributed by atoms with E-state index < -0.39 is 17.0 Å². The molecule has 4 heteroatoms. The highest BCUT2D eigenvalue weighted by molar-refractivity contribution is 5.92. The van der Waals surface area contributed by atoms with Gasteiger partial charge in [0.05, 0.1) is 0 Å². The number of hydrogen-bond donors (Lipinski definition) is 2. The third-order valence-electron chi connectivity index (χ3n) is 3.88. The molecule has 0 bridgehead atoms. The zero-order valence-corrected chi connectivity index (χ0v) is 12.4. The molecule has 0 radical (unpaired) electrons. The quantitative estimate of drug-likeness (QED) is 0.612. The molecule has 4 nitrogen and oxygen atoms in total. The number of allylic oxidation sites excluding steroid dienone is 3. The summed E-state index contributed by atoms with van der Waals surface area (Å²) in [5.74, 6) is -1.01. The molecule has 0 heterocycles. The monoisotopic (exact) mass is 278 g/mol. The van der Waals surface area contributed by atoms with E-state index in [1.807, 2.05) is 20.8 Å². The van der Waals surface area contributed by atoms with Crippen molar-refractivity contribution < 1.29 is 19.8 Å². The topological polar surface area (TPSA) is 74.6 Å². The molecule has 2 N–H and O–H groups in total. The van der Waals surface area contributed by atoms with E-state index in [4.69, 9.17) is 5.11 Å². The van der Waals surface area contributed by atoms with Crippen molar-refractivity contribution in [3.8, 4) is 0 Å². The first-order valence-electron chi connectivity index (χ1n) is 6.69. The number of aliphatic hydroxyl groups is 1. The summed E-state index contributed by atoms with van der Waals surface area (Å²) in [6.07, 6.45) is 6.63. The molecular formula is C16H22O4. The van der Waals surface area contributed by atoms with Crippen LogP contribution in [0.4, 0.5) is 0 Å². The molecule has 0 aromatic rings. The number of carboxylic acids is 1. The Labute approximate surface area is 119 Å². The zero-order chi connectivity index (χ0) is 15.6. The number of ketones is 1. The molecule has 20 heavy (non-hydrogen) atoms. The molecule has 1 unspecified atom stereocenters. The van der Waals surface area contributed by atoms with Gasteiger partial charge in [-0.25, -0.2) is 4.79 Å². The van der Waals surface area contributed by atoms with Crippen LogP contribution < -0.4 is 0 Å². The molecule has 1 rings (SSSR count). The largest absolute Gasteiger partial charge is 0.478 e. The fraction of sp³-hybridized carbons (Fsp3) is 0.500. The Hall–Kier alpha value is -1.68. The van der Waals surface area contributed by atoms with E-state index in [0.717, 1.165) is 6.08 Å². The number of aliphatic carboxylic acids is 1. The lowest BCUT2D eigenvalue weighted by atomic mass is 9.64. The molecule has 0 amide bonds. The summed E-state index contributed by atoms with van der Waals surface area (Å²) in [6.45, 7) is 7.23. The zero-order valence-electron chi connectivity index (χ0n) is 12.4. The highest BCUT2D eigenvalue weighted by Gasteiger charge is 2.46. The fourth-order valence-electron chi connectivity index (χ4n) is 2.52. The lowest BCUT2D eigenvalue weighted by Gasteiger charge is -2.44. The molecule has 0 fully saturated rings. The number of carboxylic acid groups (broad SMARTS) is 1. The van der Waals surface area contributed by atoms with Crippen molar-refractivity contribution in [1.82, 2.24) is 0 Å². The first-order chi connectivity index (χ1) is 9.12. The Bertz CT molecular complexity index is 509. The predicted molar refractivity (Wildman–Crippen MR) is 77.3 cm³/mol. The fourth-order valence-corrected chi connectivity index (χ4v) is 2.52. The minimum absolute atomic E-state index is 0.00219. The van der Waals surface area contributed by atoms with Crippen LogP contribution in [0.5, 0.6) is 0 Å². The van der Waals surface area contributed by atoms with Crippen LogP contribution in [0.15, 0.2) is 35.5 Å². The molecule has 0 aromatic carbocycles. The SMILES string of the molecule is CCC(/C=C/C1(O)C(C)=CC(=O)CC1(C)C)=C\C(=O)O. The summed E-state index contributed by atoms with van der Waals surface area (Å²) >= 11 is 0. The molecule has 1 aliphatic rings. The Kier molecular flexibility index (Phi) is 4.71. The number of rotatable bonds is 4. The molecule has 0 aliphatic heterocycles. The smallest absolute Gasteiger partial charge is 0.328 e. The number of hydrogen-bond acceptors (Lipinski definition) is 3. The summed E-state index contributed by atoms with van der Waals surface area (Å²) < 4.78 is 0. The van der Waals surface area contributed by atoms with Crippen LogP contribution >= 0.6 is 0 Å². The van der Waals surface area contributed by atoms with Crippen LogP contribution in [0.1, 0.15) is 40.5 Å². The average Bonchev–Trinajstić information content (AvgIpc) is 2.30. The molecule has 0 aromatic heterocycles. The molecule has 1 atom stereocenters. The van der Waals surface area contributed by atoms with E-state index in [-0.39, 0.29) is 12.2 Å². The van der Waals surface area contributed by atoms with Gasteiger partial charge in [-0.05, 0) is 36.6 Å². The maximum atomic E-state index is 11.6. The Morgan fingerprint density at radius 3 is 2.50 bits per heavy atom. The van der Waals surface area contributed by atoms with Gasteiger partial charge in [-0.3, -0.25) is 4.79 Å². The highest BCUT2D eigenvalue weighted by Crippen LogP contribution is 2.44. The van der Waals surface area contributed by atoms with Crippen molar-refractivity contribution in [2.24, 2.45) is 5.41 Å². The first-order valence-corrected chi connectivity index (χ1v) is 6.69. The second-order valence-electron chi connectivity index (χ2n) is 5.87. The molecule has 0 saturated carbocycles. The second-order valence-corrected chi connectivity index (χ2v) is 5.87. The third kappa shape index (κ3) is 3.25. The van der Waals surface area contributed by atoms with Crippen molar-refractivity contribution in [2.75, 3.05) is 0 Å². The maximum Gasteiger partial charge on any atom is 0.328 e. The summed E-state index contributed by atoms with van der Waals surface area (Å²) in [5, 5.41) is 19.7. The van der Waals surface area contributed by atoms with Gasteiger partial charge in [0.25, 0.3) is 0 Å². The van der Waals surface area contributed by atoms with Crippen molar-refractivity contribution in [1.29, 1.82) is 0 Å². The van der Waals surface area contributed by atoms with Crippen LogP contribution in [0.2, 0.25) is 0 Å². The van der Waals surface area contributed by atoms with Gasteiger partial charge < -0.3 is 10.2 Å². The van der Waals surface area contributed by atoms with Crippen LogP contribution in [-0.4, -0.2) is 27.6 Å². The molecule has 0 spiro atoms. The summed E-state index contributed by atoms with van der Waals surface area (Å²) in [5.41, 5.74) is -0.665. The van der Waals surface area contributed by atoms with Crippen molar-refractivity contribution in [3.63, 3.8) is 0 Å².